The number of hydrogen-bond donors (Lipinski definition) is 0. The zero-order chi connectivity index (χ0) is 25.9. The van der Waals surface area contributed by atoms with Crippen LogP contribution in [0.15, 0.2) is 76.5 Å². The molecule has 1 unspecified atom stereocenters. The minimum atomic E-state index is -0.303. The summed E-state index contributed by atoms with van der Waals surface area (Å²) in [6.07, 6.45) is 1.48. The predicted octanol–water partition coefficient (Wildman–Crippen LogP) is 5.72. The highest BCUT2D eigenvalue weighted by atomic mass is 32.2. The van der Waals surface area contributed by atoms with E-state index >= 15 is 0 Å². The summed E-state index contributed by atoms with van der Waals surface area (Å²) in [5, 5.41) is 0. The lowest BCUT2D eigenvalue weighted by Crippen LogP contribution is -2.42. The molecule has 1 atom stereocenters. The summed E-state index contributed by atoms with van der Waals surface area (Å²) in [6.45, 7) is 5.51. The van der Waals surface area contributed by atoms with Crippen molar-refractivity contribution in [3.63, 3.8) is 0 Å². The Bertz CT molecular complexity index is 1350. The maximum atomic E-state index is 13.8. The number of amides is 2. The average Bonchev–Trinajstić information content (AvgIpc) is 3.03. The summed E-state index contributed by atoms with van der Waals surface area (Å²) in [7, 11) is 0. The van der Waals surface area contributed by atoms with Crippen LogP contribution in [0.5, 0.6) is 0 Å². The molecule has 0 spiro atoms. The number of rotatable bonds is 5. The van der Waals surface area contributed by atoms with Gasteiger partial charge in [0.25, 0.3) is 11.8 Å². The molecule has 0 radical (unpaired) electrons. The first-order chi connectivity index (χ1) is 18.0. The lowest BCUT2D eigenvalue weighted by Gasteiger charge is -2.32. The number of ether oxygens (including phenoxy) is 1. The summed E-state index contributed by atoms with van der Waals surface area (Å²) in [4.78, 5) is 45.1. The highest BCUT2D eigenvalue weighted by molar-refractivity contribution is 7.99. The van der Waals surface area contributed by atoms with Gasteiger partial charge in [0.1, 0.15) is 0 Å². The molecule has 3 aromatic rings. The number of likely N-dealkylation sites (tertiary alicyclic amines) is 1. The minimum Gasteiger partial charge on any atom is -0.466 e. The normalized spacial score (nSPS) is 17.0. The second kappa shape index (κ2) is 10.8. The Morgan fingerprint density at radius 1 is 1.03 bits per heavy atom. The van der Waals surface area contributed by atoms with Gasteiger partial charge in [0, 0.05) is 28.4 Å². The van der Waals surface area contributed by atoms with Crippen LogP contribution in [-0.4, -0.2) is 42.4 Å². The van der Waals surface area contributed by atoms with Crippen molar-refractivity contribution in [2.24, 2.45) is 5.92 Å². The van der Waals surface area contributed by atoms with Crippen LogP contribution in [0.25, 0.3) is 0 Å². The van der Waals surface area contributed by atoms with Gasteiger partial charge in [-0.2, -0.15) is 0 Å². The van der Waals surface area contributed by atoms with Crippen molar-refractivity contribution in [2.75, 3.05) is 24.6 Å². The third-order valence-electron chi connectivity index (χ3n) is 7.00. The molecular formula is C30H30N2O4S. The van der Waals surface area contributed by atoms with Crippen LogP contribution in [0.4, 0.5) is 5.69 Å². The second-order valence-electron chi connectivity index (χ2n) is 9.44. The summed E-state index contributed by atoms with van der Waals surface area (Å²) in [5.41, 5.74) is 4.04. The molecule has 3 aromatic carbocycles. The van der Waals surface area contributed by atoms with Crippen molar-refractivity contribution in [1.29, 1.82) is 0 Å². The number of hydrogen-bond acceptors (Lipinski definition) is 5. The van der Waals surface area contributed by atoms with Gasteiger partial charge in [0.15, 0.2) is 0 Å². The van der Waals surface area contributed by atoms with E-state index in [0.717, 1.165) is 39.4 Å². The van der Waals surface area contributed by atoms with E-state index in [1.165, 1.54) is 0 Å². The van der Waals surface area contributed by atoms with Gasteiger partial charge in [-0.05, 0) is 68.1 Å². The number of anilines is 1. The van der Waals surface area contributed by atoms with E-state index < -0.39 is 0 Å². The zero-order valence-corrected chi connectivity index (χ0v) is 21.9. The molecule has 1 fully saturated rings. The van der Waals surface area contributed by atoms with Crippen molar-refractivity contribution in [2.45, 2.75) is 43.0 Å². The number of carbonyl (C=O) groups excluding carboxylic acids is 3. The fourth-order valence-electron chi connectivity index (χ4n) is 4.96. The first-order valence-corrected chi connectivity index (χ1v) is 13.5. The Balaban J connectivity index is 1.50. The highest BCUT2D eigenvalue weighted by Crippen LogP contribution is 2.42. The quantitative estimate of drug-likeness (QED) is 0.407. The molecule has 2 amide bonds. The maximum absolute atomic E-state index is 13.8. The molecule has 2 aliphatic heterocycles. The monoisotopic (exact) mass is 514 g/mol. The molecular weight excluding hydrogens is 484 g/mol. The fourth-order valence-corrected chi connectivity index (χ4v) is 6.02. The second-order valence-corrected chi connectivity index (χ2v) is 10.5. The Morgan fingerprint density at radius 3 is 2.62 bits per heavy atom. The number of esters is 1. The van der Waals surface area contributed by atoms with Crippen LogP contribution in [-0.2, 0) is 16.1 Å². The zero-order valence-electron chi connectivity index (χ0n) is 21.1. The number of fused-ring (bicyclic) bond motifs is 2. The van der Waals surface area contributed by atoms with Gasteiger partial charge in [-0.25, -0.2) is 0 Å². The largest absolute Gasteiger partial charge is 0.466 e. The van der Waals surface area contributed by atoms with E-state index in [1.807, 2.05) is 73.7 Å². The smallest absolute Gasteiger partial charge is 0.310 e. The van der Waals surface area contributed by atoms with Gasteiger partial charge in [-0.15, -0.1) is 0 Å². The number of aryl methyl sites for hydroxylation is 1. The first-order valence-electron chi connectivity index (χ1n) is 12.7. The first kappa shape index (κ1) is 25.1. The number of piperidine rings is 1. The van der Waals surface area contributed by atoms with Gasteiger partial charge >= 0.3 is 5.97 Å². The third-order valence-corrected chi connectivity index (χ3v) is 8.14. The van der Waals surface area contributed by atoms with Gasteiger partial charge < -0.3 is 14.5 Å². The summed E-state index contributed by atoms with van der Waals surface area (Å²) in [5.74, 6) is -0.768. The van der Waals surface area contributed by atoms with Crippen molar-refractivity contribution in [3.05, 3.63) is 89.0 Å². The lowest BCUT2D eigenvalue weighted by atomic mass is 9.97. The molecule has 2 aliphatic rings. The van der Waals surface area contributed by atoms with Crippen molar-refractivity contribution in [1.82, 2.24) is 4.90 Å². The van der Waals surface area contributed by atoms with Crippen LogP contribution in [0.1, 0.15) is 51.6 Å². The van der Waals surface area contributed by atoms with Crippen LogP contribution in [0.2, 0.25) is 0 Å². The van der Waals surface area contributed by atoms with Crippen molar-refractivity contribution < 1.29 is 19.1 Å². The molecule has 2 heterocycles. The molecule has 0 N–H and O–H groups in total. The Kier molecular flexibility index (Phi) is 7.33. The van der Waals surface area contributed by atoms with Gasteiger partial charge in [0.2, 0.25) is 0 Å². The van der Waals surface area contributed by atoms with Gasteiger partial charge in [-0.3, -0.25) is 14.4 Å². The summed E-state index contributed by atoms with van der Waals surface area (Å²) in [6, 6.07) is 21.3. The average molecular weight is 515 g/mol. The SMILES string of the molecule is CCOC(=O)C1CCCN(C(=O)c2ccc3c(c2)N(Cc2ccccc2C)C(=O)c2ccccc2S3)C1. The van der Waals surface area contributed by atoms with Crippen LogP contribution in [0, 0.1) is 12.8 Å². The topological polar surface area (TPSA) is 66.9 Å². The molecule has 5 rings (SSSR count). The predicted molar refractivity (Wildman–Crippen MR) is 144 cm³/mol. The Morgan fingerprint density at radius 2 is 1.81 bits per heavy atom. The maximum Gasteiger partial charge on any atom is 0.310 e. The van der Waals surface area contributed by atoms with E-state index in [-0.39, 0.29) is 23.7 Å². The van der Waals surface area contributed by atoms with Crippen LogP contribution in [0.3, 0.4) is 0 Å². The lowest BCUT2D eigenvalue weighted by molar-refractivity contribution is -0.149. The molecule has 0 bridgehead atoms. The molecule has 0 aliphatic carbocycles. The summed E-state index contributed by atoms with van der Waals surface area (Å²) < 4.78 is 5.20. The molecule has 0 saturated carbocycles. The number of nitrogens with zero attached hydrogens (tertiary/aromatic N) is 2. The van der Waals surface area contributed by atoms with E-state index in [1.54, 1.807) is 28.5 Å². The van der Waals surface area contributed by atoms with Gasteiger partial charge in [0.05, 0.1) is 30.3 Å². The molecule has 6 nitrogen and oxygen atoms in total. The highest BCUT2D eigenvalue weighted by Gasteiger charge is 2.32. The van der Waals surface area contributed by atoms with Crippen LogP contribution >= 0.6 is 11.8 Å². The molecule has 190 valence electrons. The molecule has 1 saturated heterocycles. The van der Waals surface area contributed by atoms with E-state index in [4.69, 9.17) is 4.74 Å². The Labute approximate surface area is 221 Å². The summed E-state index contributed by atoms with van der Waals surface area (Å²) >= 11 is 1.54. The molecule has 0 aromatic heterocycles. The number of carbonyl (C=O) groups is 3. The molecule has 37 heavy (non-hydrogen) atoms. The third kappa shape index (κ3) is 5.14. The van der Waals surface area contributed by atoms with E-state index in [0.29, 0.717) is 37.4 Å². The van der Waals surface area contributed by atoms with E-state index in [9.17, 15) is 14.4 Å². The van der Waals surface area contributed by atoms with Crippen molar-refractivity contribution >= 4 is 35.2 Å². The van der Waals surface area contributed by atoms with Crippen molar-refractivity contribution in [3.8, 4) is 0 Å². The molecule has 7 heteroatoms. The van der Waals surface area contributed by atoms with Gasteiger partial charge in [-0.1, -0.05) is 48.2 Å². The Hall–Kier alpha value is -3.58. The van der Waals surface area contributed by atoms with E-state index in [2.05, 4.69) is 0 Å². The minimum absolute atomic E-state index is 0.0879. The fraction of sp³-hybridized carbons (Fsp3) is 0.300. The van der Waals surface area contributed by atoms with Crippen LogP contribution < -0.4 is 4.90 Å². The standard InChI is InChI=1S/C30H30N2O4S/c1-3-36-30(35)23-11-8-16-31(18-23)28(33)21-14-15-27-25(17-21)32(19-22-10-5-4-9-20(22)2)29(34)24-12-6-7-13-26(24)37-27/h4-7,9-10,12-15,17,23H,3,8,11,16,18-19H2,1-2H3. The number of benzene rings is 3.